The standard InChI is InChI=1S/C19H28O7/c1-6-15-9-17(25-14(5)21)19(26-15)16(22)7-11(2)8-18(23)24-10-12(3)13(4)20/h6-7,13,15-17,19-20,22H,1,3,8-10H2,2,4-5H3/b11-7+/t13?,15-,16-,17-,19-/m1/s1. The summed E-state index contributed by atoms with van der Waals surface area (Å²) in [7, 11) is 0. The molecule has 0 radical (unpaired) electrons. The number of hydrogen-bond donors (Lipinski definition) is 2. The molecule has 1 heterocycles. The van der Waals surface area contributed by atoms with Gasteiger partial charge in [0.25, 0.3) is 0 Å². The number of aliphatic hydroxyl groups is 2. The van der Waals surface area contributed by atoms with E-state index in [9.17, 15) is 19.8 Å². The first-order valence-electron chi connectivity index (χ1n) is 8.46. The third-order valence-electron chi connectivity index (χ3n) is 3.97. The Morgan fingerprint density at radius 2 is 2.00 bits per heavy atom. The Kier molecular flexibility index (Phi) is 8.71. The van der Waals surface area contributed by atoms with E-state index in [1.54, 1.807) is 13.0 Å². The molecule has 1 rings (SSSR count). The Morgan fingerprint density at radius 1 is 1.35 bits per heavy atom. The lowest BCUT2D eigenvalue weighted by molar-refractivity contribution is -0.151. The van der Waals surface area contributed by atoms with Gasteiger partial charge in [0.2, 0.25) is 0 Å². The van der Waals surface area contributed by atoms with Gasteiger partial charge in [-0.3, -0.25) is 9.59 Å². The fourth-order valence-electron chi connectivity index (χ4n) is 2.51. The molecule has 0 bridgehead atoms. The number of esters is 2. The molecule has 0 amide bonds. The molecule has 1 fully saturated rings. The summed E-state index contributed by atoms with van der Waals surface area (Å²) in [5.41, 5.74) is 0.983. The molecule has 26 heavy (non-hydrogen) atoms. The Hall–Kier alpha value is -1.96. The van der Waals surface area contributed by atoms with Crippen LogP contribution < -0.4 is 0 Å². The third kappa shape index (κ3) is 7.11. The zero-order chi connectivity index (χ0) is 19.9. The van der Waals surface area contributed by atoms with Crippen LogP contribution in [0.4, 0.5) is 0 Å². The monoisotopic (exact) mass is 368 g/mol. The Morgan fingerprint density at radius 3 is 2.54 bits per heavy atom. The first kappa shape index (κ1) is 22.1. The van der Waals surface area contributed by atoms with E-state index in [-0.39, 0.29) is 19.1 Å². The summed E-state index contributed by atoms with van der Waals surface area (Å²) >= 11 is 0. The number of carbonyl (C=O) groups is 2. The van der Waals surface area contributed by atoms with E-state index >= 15 is 0 Å². The van der Waals surface area contributed by atoms with E-state index in [1.807, 2.05) is 0 Å². The van der Waals surface area contributed by atoms with Crippen molar-refractivity contribution in [2.45, 2.75) is 64.1 Å². The molecular weight excluding hydrogens is 340 g/mol. The molecule has 0 aliphatic carbocycles. The highest BCUT2D eigenvalue weighted by Gasteiger charge is 2.40. The first-order chi connectivity index (χ1) is 12.1. The molecule has 1 saturated heterocycles. The summed E-state index contributed by atoms with van der Waals surface area (Å²) in [6.45, 7) is 11.7. The first-order valence-corrected chi connectivity index (χ1v) is 8.46. The smallest absolute Gasteiger partial charge is 0.310 e. The second-order valence-corrected chi connectivity index (χ2v) is 6.43. The molecule has 0 aromatic rings. The highest BCUT2D eigenvalue weighted by Crippen LogP contribution is 2.27. The summed E-state index contributed by atoms with van der Waals surface area (Å²) in [5, 5.41) is 19.7. The minimum Gasteiger partial charge on any atom is -0.461 e. The van der Waals surface area contributed by atoms with Gasteiger partial charge in [-0.1, -0.05) is 24.3 Å². The summed E-state index contributed by atoms with van der Waals surface area (Å²) in [5.74, 6) is -0.955. The molecule has 7 nitrogen and oxygen atoms in total. The number of ether oxygens (including phenoxy) is 3. The van der Waals surface area contributed by atoms with Crippen LogP contribution in [0.2, 0.25) is 0 Å². The van der Waals surface area contributed by atoms with Crippen LogP contribution in [-0.4, -0.2) is 59.3 Å². The van der Waals surface area contributed by atoms with E-state index in [0.717, 1.165) is 0 Å². The summed E-state index contributed by atoms with van der Waals surface area (Å²) in [4.78, 5) is 23.0. The van der Waals surface area contributed by atoms with E-state index in [0.29, 0.717) is 17.6 Å². The van der Waals surface area contributed by atoms with Crippen LogP contribution in [0.1, 0.15) is 33.6 Å². The molecule has 1 unspecified atom stereocenters. The van der Waals surface area contributed by atoms with Crippen molar-refractivity contribution in [2.24, 2.45) is 0 Å². The second-order valence-electron chi connectivity index (χ2n) is 6.43. The van der Waals surface area contributed by atoms with Crippen molar-refractivity contribution in [3.05, 3.63) is 36.5 Å². The fourth-order valence-corrected chi connectivity index (χ4v) is 2.51. The summed E-state index contributed by atoms with van der Waals surface area (Å²) in [6, 6.07) is 0. The lowest BCUT2D eigenvalue weighted by Gasteiger charge is -2.22. The Bertz CT molecular complexity index is 564. The Balaban J connectivity index is 2.62. The van der Waals surface area contributed by atoms with Crippen molar-refractivity contribution in [3.8, 4) is 0 Å². The highest BCUT2D eigenvalue weighted by atomic mass is 16.6. The number of carbonyl (C=O) groups excluding carboxylic acids is 2. The Labute approximate surface area is 153 Å². The van der Waals surface area contributed by atoms with Crippen molar-refractivity contribution < 1.29 is 34.0 Å². The lowest BCUT2D eigenvalue weighted by Crippen LogP contribution is -2.36. The molecule has 7 heteroatoms. The quantitative estimate of drug-likeness (QED) is 0.469. The molecule has 1 aliphatic rings. The average Bonchev–Trinajstić information content (AvgIpc) is 2.94. The van der Waals surface area contributed by atoms with Crippen molar-refractivity contribution in [2.75, 3.05) is 6.61 Å². The largest absolute Gasteiger partial charge is 0.461 e. The lowest BCUT2D eigenvalue weighted by atomic mass is 10.0. The topological polar surface area (TPSA) is 102 Å². The maximum Gasteiger partial charge on any atom is 0.310 e. The minimum atomic E-state index is -1.05. The van der Waals surface area contributed by atoms with Crippen LogP contribution in [0.5, 0.6) is 0 Å². The number of hydrogen-bond acceptors (Lipinski definition) is 7. The summed E-state index contributed by atoms with van der Waals surface area (Å²) < 4.78 is 15.9. The summed E-state index contributed by atoms with van der Waals surface area (Å²) in [6.07, 6.45) is 0.0225. The predicted molar refractivity (Wildman–Crippen MR) is 95.2 cm³/mol. The van der Waals surface area contributed by atoms with Gasteiger partial charge in [-0.25, -0.2) is 0 Å². The van der Waals surface area contributed by atoms with Crippen LogP contribution in [0.15, 0.2) is 36.5 Å². The molecule has 1 aliphatic heterocycles. The molecule has 5 atom stereocenters. The van der Waals surface area contributed by atoms with Gasteiger partial charge in [-0.2, -0.15) is 0 Å². The molecule has 146 valence electrons. The predicted octanol–water partition coefficient (Wildman–Crippen LogP) is 1.44. The fraction of sp³-hybridized carbons (Fsp3) is 0.579. The van der Waals surface area contributed by atoms with Gasteiger partial charge in [0.15, 0.2) is 0 Å². The van der Waals surface area contributed by atoms with Gasteiger partial charge >= 0.3 is 11.9 Å². The van der Waals surface area contributed by atoms with Crippen molar-refractivity contribution in [1.82, 2.24) is 0 Å². The second kappa shape index (κ2) is 10.3. The molecule has 0 aromatic heterocycles. The van der Waals surface area contributed by atoms with Crippen molar-refractivity contribution >= 4 is 11.9 Å². The van der Waals surface area contributed by atoms with Crippen molar-refractivity contribution in [1.29, 1.82) is 0 Å². The van der Waals surface area contributed by atoms with Crippen LogP contribution in [0.3, 0.4) is 0 Å². The van der Waals surface area contributed by atoms with Crippen LogP contribution in [0.25, 0.3) is 0 Å². The van der Waals surface area contributed by atoms with Crippen molar-refractivity contribution in [3.63, 3.8) is 0 Å². The van der Waals surface area contributed by atoms with E-state index in [1.165, 1.54) is 19.9 Å². The molecule has 0 saturated carbocycles. The van der Waals surface area contributed by atoms with E-state index in [2.05, 4.69) is 13.2 Å². The minimum absolute atomic E-state index is 0.0278. The van der Waals surface area contributed by atoms with Gasteiger partial charge in [-0.15, -0.1) is 6.58 Å². The number of aliphatic hydroxyl groups excluding tert-OH is 2. The molecule has 0 aromatic carbocycles. The van der Waals surface area contributed by atoms with Crippen LogP contribution in [-0.2, 0) is 23.8 Å². The normalized spacial score (nSPS) is 25.3. The maximum atomic E-state index is 11.8. The third-order valence-corrected chi connectivity index (χ3v) is 3.97. The number of rotatable bonds is 9. The van der Waals surface area contributed by atoms with Gasteiger partial charge in [-0.05, 0) is 19.4 Å². The van der Waals surface area contributed by atoms with E-state index in [4.69, 9.17) is 14.2 Å². The van der Waals surface area contributed by atoms with Crippen LogP contribution >= 0.6 is 0 Å². The van der Waals surface area contributed by atoms with Gasteiger partial charge in [0.1, 0.15) is 24.9 Å². The SMILES string of the molecule is C=C[C@@H]1C[C@@H](OC(C)=O)[C@@H]([C@H](O)/C=C(\C)CC(=O)OCC(=C)C(C)O)O1. The van der Waals surface area contributed by atoms with Gasteiger partial charge in [0, 0.05) is 13.3 Å². The molecule has 2 N–H and O–H groups in total. The molecular formula is C19H28O7. The zero-order valence-corrected chi connectivity index (χ0v) is 15.5. The maximum absolute atomic E-state index is 11.8. The highest BCUT2D eigenvalue weighted by molar-refractivity contribution is 5.72. The molecule has 0 spiro atoms. The van der Waals surface area contributed by atoms with Gasteiger partial charge < -0.3 is 24.4 Å². The average molecular weight is 368 g/mol. The van der Waals surface area contributed by atoms with E-state index < -0.39 is 36.4 Å². The zero-order valence-electron chi connectivity index (χ0n) is 15.5. The van der Waals surface area contributed by atoms with Gasteiger partial charge in [0.05, 0.1) is 18.6 Å². The van der Waals surface area contributed by atoms with Crippen LogP contribution in [0, 0.1) is 0 Å².